The van der Waals surface area contributed by atoms with Crippen LogP contribution in [0.25, 0.3) is 0 Å². The van der Waals surface area contributed by atoms with Crippen molar-refractivity contribution in [1.82, 2.24) is 0 Å². The van der Waals surface area contributed by atoms with Gasteiger partial charge in [-0.3, -0.25) is 0 Å². The Bertz CT molecular complexity index is 626. The van der Waals surface area contributed by atoms with Gasteiger partial charge in [-0.2, -0.15) is 0 Å². The number of methoxy groups -OCH3 is 2. The van der Waals surface area contributed by atoms with Gasteiger partial charge in [0.25, 0.3) is 0 Å². The van der Waals surface area contributed by atoms with E-state index in [1.54, 1.807) is 25.4 Å². The Balaban J connectivity index is 1.62. The van der Waals surface area contributed by atoms with Crippen LogP contribution in [0.1, 0.15) is 64.7 Å². The molecule has 3 nitrogen and oxygen atoms in total. The van der Waals surface area contributed by atoms with Crippen molar-refractivity contribution in [3.8, 4) is 12.3 Å². The topological polar surface area (TPSA) is 38.7 Å². The van der Waals surface area contributed by atoms with Crippen molar-refractivity contribution in [2.75, 3.05) is 14.2 Å². The maximum atomic E-state index is 11.0. The maximum absolute atomic E-state index is 11.0. The summed E-state index contributed by atoms with van der Waals surface area (Å²) in [7, 11) is 3.54. The number of hydrogen-bond donors (Lipinski definition) is 1. The van der Waals surface area contributed by atoms with Gasteiger partial charge in [0.05, 0.1) is 0 Å². The third-order valence-corrected chi connectivity index (χ3v) is 8.51. The molecule has 1 N–H and O–H groups in total. The molecular formula is C22H32O3. The minimum Gasteiger partial charge on any atom is -0.377 e. The Kier molecular flexibility index (Phi) is 4.11. The molecule has 0 aromatic heterocycles. The first-order chi connectivity index (χ1) is 11.9. The molecule has 4 rings (SSSR count). The van der Waals surface area contributed by atoms with E-state index in [4.69, 9.17) is 15.9 Å². The molecule has 0 saturated heterocycles. The molecule has 138 valence electrons. The van der Waals surface area contributed by atoms with E-state index in [0.717, 1.165) is 44.9 Å². The Hall–Kier alpha value is -0.820. The molecule has 0 amide bonds. The van der Waals surface area contributed by atoms with E-state index in [2.05, 4.69) is 12.8 Å². The average Bonchev–Trinajstić information content (AvgIpc) is 2.92. The van der Waals surface area contributed by atoms with E-state index in [-0.39, 0.29) is 5.41 Å². The first-order valence-electron chi connectivity index (χ1n) is 9.93. The molecule has 0 aromatic carbocycles. The molecule has 0 radical (unpaired) electrons. The Labute approximate surface area is 152 Å². The zero-order valence-electron chi connectivity index (χ0n) is 15.9. The predicted molar refractivity (Wildman–Crippen MR) is 97.7 cm³/mol. The minimum atomic E-state index is -0.898. The first-order valence-corrected chi connectivity index (χ1v) is 9.93. The molecule has 3 heteroatoms. The predicted octanol–water partition coefficient (Wildman–Crippen LogP) is 4.06. The first kappa shape index (κ1) is 17.6. The third kappa shape index (κ3) is 2.30. The quantitative estimate of drug-likeness (QED) is 0.466. The molecule has 0 bridgehead atoms. The van der Waals surface area contributed by atoms with E-state index in [1.165, 1.54) is 12.8 Å². The van der Waals surface area contributed by atoms with Crippen molar-refractivity contribution < 1.29 is 14.6 Å². The van der Waals surface area contributed by atoms with Gasteiger partial charge < -0.3 is 14.6 Å². The normalized spacial score (nSPS) is 45.3. The molecule has 5 atom stereocenters. The number of hydrogen-bond acceptors (Lipinski definition) is 3. The van der Waals surface area contributed by atoms with Gasteiger partial charge in [-0.15, -0.1) is 6.42 Å². The van der Waals surface area contributed by atoms with Crippen molar-refractivity contribution in [3.63, 3.8) is 0 Å². The lowest BCUT2D eigenvalue weighted by Crippen LogP contribution is -2.51. The fraction of sp³-hybridized carbons (Fsp3) is 0.818. The van der Waals surface area contributed by atoms with Gasteiger partial charge in [0.15, 0.2) is 5.79 Å². The van der Waals surface area contributed by atoms with Crippen molar-refractivity contribution in [2.24, 2.45) is 23.2 Å². The van der Waals surface area contributed by atoms with Crippen LogP contribution in [-0.2, 0) is 9.47 Å². The number of aliphatic hydroxyl groups is 1. The molecule has 0 aromatic rings. The molecule has 25 heavy (non-hydrogen) atoms. The fourth-order valence-corrected chi connectivity index (χ4v) is 6.87. The van der Waals surface area contributed by atoms with Gasteiger partial charge >= 0.3 is 0 Å². The zero-order valence-corrected chi connectivity index (χ0v) is 15.9. The van der Waals surface area contributed by atoms with Crippen molar-refractivity contribution >= 4 is 0 Å². The van der Waals surface area contributed by atoms with Crippen LogP contribution in [0.5, 0.6) is 0 Å². The SMILES string of the molecule is C#CC1(O)CCC2C3CCC4=C(CCC(OC)(OC)C4)C3CCC21C. The largest absolute Gasteiger partial charge is 0.377 e. The number of allylic oxidation sites excluding steroid dienone is 1. The van der Waals surface area contributed by atoms with Crippen LogP contribution in [0.3, 0.4) is 0 Å². The lowest BCUT2D eigenvalue weighted by molar-refractivity contribution is -0.213. The van der Waals surface area contributed by atoms with Gasteiger partial charge in [-0.05, 0) is 62.7 Å². The lowest BCUT2D eigenvalue weighted by Gasteiger charge is -2.54. The number of ether oxygens (including phenoxy) is 2. The second-order valence-electron chi connectivity index (χ2n) is 9.04. The van der Waals surface area contributed by atoms with Crippen molar-refractivity contribution in [3.05, 3.63) is 11.1 Å². The summed E-state index contributed by atoms with van der Waals surface area (Å²) in [4.78, 5) is 0. The fourth-order valence-electron chi connectivity index (χ4n) is 6.87. The van der Waals surface area contributed by atoms with Crippen molar-refractivity contribution in [1.29, 1.82) is 0 Å². The highest BCUT2D eigenvalue weighted by atomic mass is 16.7. The van der Waals surface area contributed by atoms with E-state index in [1.807, 2.05) is 0 Å². The summed E-state index contributed by atoms with van der Waals surface area (Å²) in [6.07, 6.45) is 15.2. The van der Waals surface area contributed by atoms with Crippen LogP contribution in [0, 0.1) is 35.5 Å². The second-order valence-corrected chi connectivity index (χ2v) is 9.04. The number of terminal acetylenes is 1. The molecule has 5 unspecified atom stereocenters. The van der Waals surface area contributed by atoms with Gasteiger partial charge in [-0.1, -0.05) is 24.0 Å². The summed E-state index contributed by atoms with van der Waals surface area (Å²) in [5, 5.41) is 11.0. The second kappa shape index (κ2) is 5.84. The van der Waals surface area contributed by atoms with Crippen LogP contribution in [0.2, 0.25) is 0 Å². The van der Waals surface area contributed by atoms with E-state index in [9.17, 15) is 5.11 Å². The highest BCUT2D eigenvalue weighted by Gasteiger charge is 2.61. The molecular weight excluding hydrogens is 312 g/mol. The molecule has 0 spiro atoms. The van der Waals surface area contributed by atoms with Gasteiger partial charge in [0.2, 0.25) is 0 Å². The molecule has 0 aliphatic heterocycles. The highest BCUT2D eigenvalue weighted by molar-refractivity contribution is 5.30. The lowest BCUT2D eigenvalue weighted by atomic mass is 9.52. The summed E-state index contributed by atoms with van der Waals surface area (Å²) in [6, 6.07) is 0. The Morgan fingerprint density at radius 3 is 2.52 bits per heavy atom. The number of fused-ring (bicyclic) bond motifs is 4. The van der Waals surface area contributed by atoms with E-state index < -0.39 is 11.4 Å². The van der Waals surface area contributed by atoms with Gasteiger partial charge in [-0.25, -0.2) is 0 Å². The summed E-state index contributed by atoms with van der Waals surface area (Å²) in [5.41, 5.74) is 2.29. The summed E-state index contributed by atoms with van der Waals surface area (Å²) < 4.78 is 11.5. The molecule has 0 heterocycles. The van der Waals surface area contributed by atoms with Crippen LogP contribution in [-0.4, -0.2) is 30.7 Å². The summed E-state index contributed by atoms with van der Waals surface area (Å²) in [5.74, 6) is 4.31. The van der Waals surface area contributed by atoms with E-state index >= 15 is 0 Å². The van der Waals surface area contributed by atoms with Crippen LogP contribution >= 0.6 is 0 Å². The standard InChI is InChI=1S/C22H32O3/c1-5-21(23)12-10-19-18-7-6-15-14-22(24-3,25-4)13-9-16(15)17(18)8-11-20(19,21)2/h1,17-19,23H,6-14H2,2-4H3. The number of rotatable bonds is 2. The Morgan fingerprint density at radius 1 is 1.08 bits per heavy atom. The van der Waals surface area contributed by atoms with Crippen LogP contribution < -0.4 is 0 Å². The average molecular weight is 344 g/mol. The molecule has 4 aliphatic rings. The monoisotopic (exact) mass is 344 g/mol. The summed E-state index contributed by atoms with van der Waals surface area (Å²) >= 11 is 0. The summed E-state index contributed by atoms with van der Waals surface area (Å²) in [6.45, 7) is 2.26. The van der Waals surface area contributed by atoms with Crippen LogP contribution in [0.15, 0.2) is 11.1 Å². The minimum absolute atomic E-state index is 0.0987. The maximum Gasteiger partial charge on any atom is 0.171 e. The molecule has 4 aliphatic carbocycles. The zero-order chi connectivity index (χ0) is 17.9. The van der Waals surface area contributed by atoms with Crippen molar-refractivity contribution in [2.45, 2.75) is 76.1 Å². The van der Waals surface area contributed by atoms with Crippen LogP contribution in [0.4, 0.5) is 0 Å². The van der Waals surface area contributed by atoms with E-state index in [0.29, 0.717) is 17.8 Å². The van der Waals surface area contributed by atoms with Gasteiger partial charge in [0, 0.05) is 32.5 Å². The Morgan fingerprint density at radius 2 is 1.84 bits per heavy atom. The van der Waals surface area contributed by atoms with Gasteiger partial charge in [0.1, 0.15) is 5.60 Å². The third-order valence-electron chi connectivity index (χ3n) is 8.51. The smallest absolute Gasteiger partial charge is 0.171 e. The highest BCUT2D eigenvalue weighted by Crippen LogP contribution is 2.64. The molecule has 2 saturated carbocycles. The molecule has 2 fully saturated rings.